The van der Waals surface area contributed by atoms with E-state index >= 15 is 0 Å². The molecule has 0 saturated heterocycles. The highest BCUT2D eigenvalue weighted by Gasteiger charge is 2.16. The molecule has 0 atom stereocenters. The maximum absolute atomic E-state index is 12.2. The van der Waals surface area contributed by atoms with Crippen LogP contribution in [-0.2, 0) is 0 Å². The van der Waals surface area contributed by atoms with Crippen molar-refractivity contribution in [3.05, 3.63) is 35.5 Å². The van der Waals surface area contributed by atoms with E-state index in [1.807, 2.05) is 20.8 Å². The molecule has 8 heteroatoms. The van der Waals surface area contributed by atoms with Crippen molar-refractivity contribution in [1.29, 1.82) is 0 Å². The third-order valence-corrected chi connectivity index (χ3v) is 3.36. The Morgan fingerprint density at radius 1 is 1.00 bits per heavy atom. The number of aromatic nitrogens is 1. The van der Waals surface area contributed by atoms with Crippen LogP contribution in [0.2, 0.25) is 5.02 Å². The van der Waals surface area contributed by atoms with Crippen LogP contribution >= 0.6 is 11.6 Å². The number of carbonyl (C=O) groups is 1. The molecule has 0 aliphatic carbocycles. The summed E-state index contributed by atoms with van der Waals surface area (Å²) in [6.45, 7) is 7.00. The van der Waals surface area contributed by atoms with E-state index in [0.717, 1.165) is 0 Å². The van der Waals surface area contributed by atoms with E-state index in [0.29, 0.717) is 53.6 Å². The van der Waals surface area contributed by atoms with E-state index in [4.69, 9.17) is 25.8 Å². The summed E-state index contributed by atoms with van der Waals surface area (Å²) < 4.78 is 16.9. The zero-order chi connectivity index (χ0) is 18.9. The fraction of sp³-hybridized carbons (Fsp3) is 0.333. The average molecular weight is 380 g/mol. The third kappa shape index (κ3) is 5.42. The molecule has 2 aromatic rings. The van der Waals surface area contributed by atoms with Gasteiger partial charge >= 0.3 is 6.03 Å². The van der Waals surface area contributed by atoms with Crippen LogP contribution in [-0.4, -0.2) is 30.8 Å². The minimum absolute atomic E-state index is 0.382. The van der Waals surface area contributed by atoms with E-state index in [9.17, 15) is 4.79 Å². The maximum atomic E-state index is 12.2. The molecule has 2 rings (SSSR count). The summed E-state index contributed by atoms with van der Waals surface area (Å²) in [4.78, 5) is 16.2. The summed E-state index contributed by atoms with van der Waals surface area (Å²) in [5.41, 5.74) is 0.506. The van der Waals surface area contributed by atoms with Gasteiger partial charge in [-0.05, 0) is 32.9 Å². The molecule has 2 amide bonds. The minimum atomic E-state index is -0.450. The summed E-state index contributed by atoms with van der Waals surface area (Å²) in [6.07, 6.45) is 1.45. The van der Waals surface area contributed by atoms with E-state index in [2.05, 4.69) is 15.6 Å². The van der Waals surface area contributed by atoms with Crippen LogP contribution in [0.3, 0.4) is 0 Å². The normalized spacial score (nSPS) is 10.2. The van der Waals surface area contributed by atoms with Crippen LogP contribution in [0.15, 0.2) is 30.5 Å². The second-order valence-corrected chi connectivity index (χ2v) is 5.48. The molecule has 1 aromatic heterocycles. The molecule has 0 bridgehead atoms. The molecular formula is C18H22ClN3O4. The lowest BCUT2D eigenvalue weighted by Gasteiger charge is -2.17. The molecule has 2 N–H and O–H groups in total. The van der Waals surface area contributed by atoms with Crippen molar-refractivity contribution in [3.63, 3.8) is 0 Å². The van der Waals surface area contributed by atoms with E-state index < -0.39 is 6.03 Å². The number of benzene rings is 1. The lowest BCUT2D eigenvalue weighted by molar-refractivity contribution is 0.260. The summed E-state index contributed by atoms with van der Waals surface area (Å²) in [5.74, 6) is 1.90. The lowest BCUT2D eigenvalue weighted by atomic mass is 10.2. The number of halogens is 1. The summed E-state index contributed by atoms with van der Waals surface area (Å²) >= 11 is 5.78. The van der Waals surface area contributed by atoms with Gasteiger partial charge in [0, 0.05) is 18.3 Å². The highest BCUT2D eigenvalue weighted by Crippen LogP contribution is 2.40. The predicted octanol–water partition coefficient (Wildman–Crippen LogP) is 4.58. The molecule has 0 fully saturated rings. The van der Waals surface area contributed by atoms with Crippen LogP contribution in [0, 0.1) is 0 Å². The quantitative estimate of drug-likeness (QED) is 0.701. The number of ether oxygens (including phenoxy) is 3. The topological polar surface area (TPSA) is 81.7 Å². The van der Waals surface area contributed by atoms with Gasteiger partial charge in [-0.15, -0.1) is 0 Å². The van der Waals surface area contributed by atoms with Gasteiger partial charge in [0.15, 0.2) is 11.5 Å². The number of carbonyl (C=O) groups excluding carboxylic acids is 1. The van der Waals surface area contributed by atoms with Crippen LogP contribution < -0.4 is 24.8 Å². The van der Waals surface area contributed by atoms with Gasteiger partial charge in [0.1, 0.15) is 5.82 Å². The molecule has 0 unspecified atom stereocenters. The van der Waals surface area contributed by atoms with Gasteiger partial charge in [-0.2, -0.15) is 0 Å². The van der Waals surface area contributed by atoms with Gasteiger partial charge in [0.2, 0.25) is 5.75 Å². The largest absolute Gasteiger partial charge is 0.490 e. The van der Waals surface area contributed by atoms with Gasteiger partial charge in [0.25, 0.3) is 0 Å². The molecule has 0 aliphatic rings. The van der Waals surface area contributed by atoms with Crippen LogP contribution in [0.25, 0.3) is 0 Å². The zero-order valence-electron chi connectivity index (χ0n) is 15.0. The molecule has 26 heavy (non-hydrogen) atoms. The number of pyridine rings is 1. The van der Waals surface area contributed by atoms with Gasteiger partial charge in [-0.25, -0.2) is 9.78 Å². The summed E-state index contributed by atoms with van der Waals surface area (Å²) in [7, 11) is 0. The van der Waals surface area contributed by atoms with E-state index in [-0.39, 0.29) is 0 Å². The van der Waals surface area contributed by atoms with Gasteiger partial charge in [-0.3, -0.25) is 5.32 Å². The van der Waals surface area contributed by atoms with Gasteiger partial charge < -0.3 is 19.5 Å². The Hall–Kier alpha value is -2.67. The number of hydrogen-bond donors (Lipinski definition) is 2. The maximum Gasteiger partial charge on any atom is 0.324 e. The van der Waals surface area contributed by atoms with Crippen molar-refractivity contribution in [1.82, 2.24) is 4.98 Å². The summed E-state index contributed by atoms with van der Waals surface area (Å²) in [5, 5.41) is 5.85. The van der Waals surface area contributed by atoms with Crippen molar-refractivity contribution in [2.24, 2.45) is 0 Å². The van der Waals surface area contributed by atoms with Crippen molar-refractivity contribution >= 4 is 29.1 Å². The third-order valence-electron chi connectivity index (χ3n) is 3.14. The molecule has 0 aliphatic heterocycles. The fourth-order valence-corrected chi connectivity index (χ4v) is 2.30. The van der Waals surface area contributed by atoms with Crippen LogP contribution in [0.4, 0.5) is 16.3 Å². The Balaban J connectivity index is 2.21. The lowest BCUT2D eigenvalue weighted by Crippen LogP contribution is -2.20. The Kier molecular flexibility index (Phi) is 7.35. The Morgan fingerprint density at radius 2 is 1.62 bits per heavy atom. The number of anilines is 2. The van der Waals surface area contributed by atoms with Crippen molar-refractivity contribution in [2.75, 3.05) is 30.5 Å². The molecular weight excluding hydrogens is 358 g/mol. The standard InChI is InChI=1S/C18H22ClN3O4/c1-4-24-14-9-13(10-15(25-5-2)17(14)26-6-3)21-18(23)22-16-8-7-12(19)11-20-16/h7-11H,4-6H2,1-3H3,(H2,20,21,22,23). The predicted molar refractivity (Wildman–Crippen MR) is 102 cm³/mol. The first-order chi connectivity index (χ1) is 12.6. The van der Waals surface area contributed by atoms with Crippen molar-refractivity contribution < 1.29 is 19.0 Å². The molecule has 1 heterocycles. The second-order valence-electron chi connectivity index (χ2n) is 5.04. The molecule has 0 saturated carbocycles. The molecule has 0 radical (unpaired) electrons. The number of nitrogens with zero attached hydrogens (tertiary/aromatic N) is 1. The Morgan fingerprint density at radius 3 is 2.12 bits per heavy atom. The number of nitrogens with one attached hydrogen (secondary N) is 2. The molecule has 7 nitrogen and oxygen atoms in total. The second kappa shape index (κ2) is 9.72. The zero-order valence-corrected chi connectivity index (χ0v) is 15.7. The van der Waals surface area contributed by atoms with Crippen molar-refractivity contribution in [2.45, 2.75) is 20.8 Å². The molecule has 0 spiro atoms. The minimum Gasteiger partial charge on any atom is -0.490 e. The highest BCUT2D eigenvalue weighted by molar-refractivity contribution is 6.30. The number of rotatable bonds is 8. The number of amides is 2. The number of urea groups is 1. The van der Waals surface area contributed by atoms with Gasteiger partial charge in [0.05, 0.1) is 30.5 Å². The first kappa shape index (κ1) is 19.7. The van der Waals surface area contributed by atoms with Crippen LogP contribution in [0.5, 0.6) is 17.2 Å². The van der Waals surface area contributed by atoms with E-state index in [1.54, 1.807) is 24.3 Å². The first-order valence-corrected chi connectivity index (χ1v) is 8.71. The first-order valence-electron chi connectivity index (χ1n) is 8.33. The van der Waals surface area contributed by atoms with Gasteiger partial charge in [-0.1, -0.05) is 11.6 Å². The monoisotopic (exact) mass is 379 g/mol. The van der Waals surface area contributed by atoms with Crippen LogP contribution in [0.1, 0.15) is 20.8 Å². The Bertz CT molecular complexity index is 711. The molecule has 1 aromatic carbocycles. The SMILES string of the molecule is CCOc1cc(NC(=O)Nc2ccc(Cl)cn2)cc(OCC)c1OCC. The average Bonchev–Trinajstić information content (AvgIpc) is 2.60. The number of hydrogen-bond acceptors (Lipinski definition) is 5. The fourth-order valence-electron chi connectivity index (χ4n) is 2.19. The Labute approximate surface area is 157 Å². The highest BCUT2D eigenvalue weighted by atomic mass is 35.5. The summed E-state index contributed by atoms with van der Waals surface area (Å²) in [6, 6.07) is 6.17. The van der Waals surface area contributed by atoms with E-state index in [1.165, 1.54) is 6.20 Å². The van der Waals surface area contributed by atoms with Crippen molar-refractivity contribution in [3.8, 4) is 17.2 Å². The molecule has 140 valence electrons. The smallest absolute Gasteiger partial charge is 0.324 e.